The summed E-state index contributed by atoms with van der Waals surface area (Å²) in [6.07, 6.45) is 1.52. The summed E-state index contributed by atoms with van der Waals surface area (Å²) in [6.45, 7) is 0.920. The van der Waals surface area contributed by atoms with E-state index < -0.39 is 5.82 Å². The van der Waals surface area contributed by atoms with Gasteiger partial charge < -0.3 is 5.32 Å². The molecule has 1 unspecified atom stereocenters. The molecule has 1 heterocycles. The summed E-state index contributed by atoms with van der Waals surface area (Å²) in [7, 11) is 0. The minimum absolute atomic E-state index is 0.144. The minimum Gasteiger partial charge on any atom is -0.347 e. The molecule has 0 aliphatic carbocycles. The highest BCUT2D eigenvalue weighted by atomic mass is 19.1. The molecule has 26 heavy (non-hydrogen) atoms. The van der Waals surface area contributed by atoms with Crippen molar-refractivity contribution in [2.24, 2.45) is 0 Å². The summed E-state index contributed by atoms with van der Waals surface area (Å²) >= 11 is 0. The SMILES string of the molecule is O=C(CNC(=O)C1CCCN1Cc1ccccc1F)c1ccc(F)cc1. The van der Waals surface area contributed by atoms with Gasteiger partial charge in [0.2, 0.25) is 5.91 Å². The first-order valence-electron chi connectivity index (χ1n) is 8.58. The molecule has 0 spiro atoms. The van der Waals surface area contributed by atoms with Crippen LogP contribution in [0.4, 0.5) is 8.78 Å². The molecule has 6 heteroatoms. The van der Waals surface area contributed by atoms with Crippen LogP contribution < -0.4 is 5.32 Å². The fourth-order valence-corrected chi connectivity index (χ4v) is 3.18. The third kappa shape index (κ3) is 4.32. The molecule has 0 saturated carbocycles. The van der Waals surface area contributed by atoms with Crippen LogP contribution in [0.3, 0.4) is 0 Å². The maximum atomic E-state index is 13.8. The lowest BCUT2D eigenvalue weighted by Crippen LogP contribution is -2.44. The van der Waals surface area contributed by atoms with Crippen molar-refractivity contribution in [1.82, 2.24) is 10.2 Å². The second kappa shape index (κ2) is 8.19. The smallest absolute Gasteiger partial charge is 0.237 e. The Morgan fingerprint density at radius 3 is 2.54 bits per heavy atom. The molecule has 1 amide bonds. The number of carbonyl (C=O) groups excluding carboxylic acids is 2. The van der Waals surface area contributed by atoms with E-state index in [4.69, 9.17) is 0 Å². The molecule has 1 N–H and O–H groups in total. The lowest BCUT2D eigenvalue weighted by Gasteiger charge is -2.23. The summed E-state index contributed by atoms with van der Waals surface area (Å²) in [5.74, 6) is -1.23. The average molecular weight is 358 g/mol. The number of nitrogens with zero attached hydrogens (tertiary/aromatic N) is 1. The average Bonchev–Trinajstić information content (AvgIpc) is 3.10. The molecule has 1 saturated heterocycles. The van der Waals surface area contributed by atoms with Gasteiger partial charge in [-0.25, -0.2) is 8.78 Å². The van der Waals surface area contributed by atoms with Gasteiger partial charge in [-0.3, -0.25) is 14.5 Å². The predicted molar refractivity (Wildman–Crippen MR) is 93.6 cm³/mol. The zero-order chi connectivity index (χ0) is 18.5. The summed E-state index contributed by atoms with van der Waals surface area (Å²) in [5.41, 5.74) is 0.899. The van der Waals surface area contributed by atoms with Gasteiger partial charge in [0.25, 0.3) is 0 Å². The lowest BCUT2D eigenvalue weighted by atomic mass is 10.1. The molecule has 0 bridgehead atoms. The van der Waals surface area contributed by atoms with Crippen molar-refractivity contribution < 1.29 is 18.4 Å². The normalized spacial score (nSPS) is 17.2. The first-order valence-corrected chi connectivity index (χ1v) is 8.58. The van der Waals surface area contributed by atoms with Gasteiger partial charge in [0.15, 0.2) is 5.78 Å². The Morgan fingerprint density at radius 2 is 1.81 bits per heavy atom. The molecule has 1 fully saturated rings. The Balaban J connectivity index is 1.57. The second-order valence-corrected chi connectivity index (χ2v) is 6.37. The minimum atomic E-state index is -0.416. The zero-order valence-corrected chi connectivity index (χ0v) is 14.3. The van der Waals surface area contributed by atoms with Gasteiger partial charge in [-0.15, -0.1) is 0 Å². The number of nitrogens with one attached hydrogen (secondary N) is 1. The number of likely N-dealkylation sites (tertiary alicyclic amines) is 1. The Bertz CT molecular complexity index is 793. The van der Waals surface area contributed by atoms with Crippen LogP contribution in [0.5, 0.6) is 0 Å². The van der Waals surface area contributed by atoms with E-state index in [1.54, 1.807) is 18.2 Å². The fourth-order valence-electron chi connectivity index (χ4n) is 3.18. The van der Waals surface area contributed by atoms with E-state index in [0.29, 0.717) is 30.6 Å². The Hall–Kier alpha value is -2.60. The molecule has 1 aliphatic rings. The van der Waals surface area contributed by atoms with Crippen molar-refractivity contribution in [2.45, 2.75) is 25.4 Å². The summed E-state index contributed by atoms with van der Waals surface area (Å²) in [4.78, 5) is 26.5. The van der Waals surface area contributed by atoms with E-state index in [-0.39, 0.29) is 30.1 Å². The molecule has 4 nitrogen and oxygen atoms in total. The number of amides is 1. The summed E-state index contributed by atoms with van der Waals surface area (Å²) < 4.78 is 26.7. The van der Waals surface area contributed by atoms with E-state index in [2.05, 4.69) is 5.32 Å². The quantitative estimate of drug-likeness (QED) is 0.808. The van der Waals surface area contributed by atoms with Crippen LogP contribution >= 0.6 is 0 Å². The van der Waals surface area contributed by atoms with Crippen LogP contribution in [-0.2, 0) is 11.3 Å². The van der Waals surface area contributed by atoms with Gasteiger partial charge in [-0.05, 0) is 49.7 Å². The Labute approximate surface area is 150 Å². The number of benzene rings is 2. The first kappa shape index (κ1) is 18.2. The molecule has 2 aromatic carbocycles. The maximum Gasteiger partial charge on any atom is 0.237 e. The van der Waals surface area contributed by atoms with Crippen molar-refractivity contribution in [3.8, 4) is 0 Å². The van der Waals surface area contributed by atoms with E-state index in [1.807, 2.05) is 4.90 Å². The Kier molecular flexibility index (Phi) is 5.73. The Morgan fingerprint density at radius 1 is 1.08 bits per heavy atom. The zero-order valence-electron chi connectivity index (χ0n) is 14.3. The number of rotatable bonds is 6. The van der Waals surface area contributed by atoms with E-state index in [9.17, 15) is 18.4 Å². The fraction of sp³-hybridized carbons (Fsp3) is 0.300. The van der Waals surface area contributed by atoms with E-state index in [1.165, 1.54) is 30.3 Å². The van der Waals surface area contributed by atoms with Crippen molar-refractivity contribution in [3.05, 3.63) is 71.3 Å². The monoisotopic (exact) mass is 358 g/mol. The van der Waals surface area contributed by atoms with Crippen LogP contribution in [0, 0.1) is 11.6 Å². The van der Waals surface area contributed by atoms with Crippen LogP contribution in [0.2, 0.25) is 0 Å². The van der Waals surface area contributed by atoms with Crippen LogP contribution in [-0.4, -0.2) is 35.7 Å². The number of carbonyl (C=O) groups is 2. The summed E-state index contributed by atoms with van der Waals surface area (Å²) in [5, 5.41) is 2.65. The number of hydrogen-bond donors (Lipinski definition) is 1. The standard InChI is InChI=1S/C20H20F2N2O2/c21-16-9-7-14(8-10-16)19(25)12-23-20(26)18-6-3-11-24(18)13-15-4-1-2-5-17(15)22/h1-2,4-5,7-10,18H,3,6,11-13H2,(H,23,26). The topological polar surface area (TPSA) is 49.4 Å². The van der Waals surface area contributed by atoms with Crippen molar-refractivity contribution in [1.29, 1.82) is 0 Å². The van der Waals surface area contributed by atoms with E-state index >= 15 is 0 Å². The number of halogens is 2. The maximum absolute atomic E-state index is 13.8. The van der Waals surface area contributed by atoms with Gasteiger partial charge >= 0.3 is 0 Å². The lowest BCUT2D eigenvalue weighted by molar-refractivity contribution is -0.125. The third-order valence-electron chi connectivity index (χ3n) is 4.59. The van der Waals surface area contributed by atoms with Gasteiger partial charge in [0.1, 0.15) is 11.6 Å². The molecule has 0 radical (unpaired) electrons. The third-order valence-corrected chi connectivity index (χ3v) is 4.59. The van der Waals surface area contributed by atoms with Crippen molar-refractivity contribution in [3.63, 3.8) is 0 Å². The van der Waals surface area contributed by atoms with Gasteiger partial charge in [0, 0.05) is 17.7 Å². The number of ketones is 1. The first-order chi connectivity index (χ1) is 12.5. The highest BCUT2D eigenvalue weighted by molar-refractivity contribution is 5.99. The largest absolute Gasteiger partial charge is 0.347 e. The number of hydrogen-bond acceptors (Lipinski definition) is 3. The molecule has 1 aliphatic heterocycles. The predicted octanol–water partition coefficient (Wildman–Crippen LogP) is 2.93. The van der Waals surface area contributed by atoms with E-state index in [0.717, 1.165) is 6.42 Å². The van der Waals surface area contributed by atoms with Crippen LogP contribution in [0.1, 0.15) is 28.8 Å². The second-order valence-electron chi connectivity index (χ2n) is 6.37. The highest BCUT2D eigenvalue weighted by Gasteiger charge is 2.31. The van der Waals surface area contributed by atoms with Gasteiger partial charge in [-0.1, -0.05) is 18.2 Å². The van der Waals surface area contributed by atoms with Gasteiger partial charge in [0.05, 0.1) is 12.6 Å². The molecule has 3 rings (SSSR count). The molecular formula is C20H20F2N2O2. The van der Waals surface area contributed by atoms with Crippen LogP contribution in [0.15, 0.2) is 48.5 Å². The van der Waals surface area contributed by atoms with Crippen molar-refractivity contribution >= 4 is 11.7 Å². The molecule has 136 valence electrons. The van der Waals surface area contributed by atoms with Crippen molar-refractivity contribution in [2.75, 3.05) is 13.1 Å². The molecule has 1 atom stereocenters. The molecule has 0 aromatic heterocycles. The van der Waals surface area contributed by atoms with Gasteiger partial charge in [-0.2, -0.15) is 0 Å². The molecule has 2 aromatic rings. The van der Waals surface area contributed by atoms with Crippen LogP contribution in [0.25, 0.3) is 0 Å². The highest BCUT2D eigenvalue weighted by Crippen LogP contribution is 2.21. The summed E-state index contributed by atoms with van der Waals surface area (Å²) in [6, 6.07) is 11.3. The number of Topliss-reactive ketones (excluding diaryl/α,β-unsaturated/α-hetero) is 1. The molecular weight excluding hydrogens is 338 g/mol.